The fourth-order valence-corrected chi connectivity index (χ4v) is 2.46. The molecule has 0 spiro atoms. The van der Waals surface area contributed by atoms with Gasteiger partial charge in [0.2, 0.25) is 0 Å². The molecule has 0 radical (unpaired) electrons. The molecule has 2 atom stereocenters. The quantitative estimate of drug-likeness (QED) is 0.787. The molecular formula is C16H30N2O4. The third-order valence-corrected chi connectivity index (χ3v) is 3.47. The fourth-order valence-electron chi connectivity index (χ4n) is 2.46. The number of nitrogens with one attached hydrogen (secondary N) is 1. The maximum atomic E-state index is 12.2. The molecule has 0 aromatic rings. The Labute approximate surface area is 133 Å². The van der Waals surface area contributed by atoms with Crippen molar-refractivity contribution in [3.8, 4) is 0 Å². The third kappa shape index (κ3) is 5.83. The van der Waals surface area contributed by atoms with Gasteiger partial charge in [-0.1, -0.05) is 13.8 Å². The number of carbonyl (C=O) groups is 2. The monoisotopic (exact) mass is 314 g/mol. The van der Waals surface area contributed by atoms with Gasteiger partial charge in [-0.25, -0.2) is 4.79 Å². The van der Waals surface area contributed by atoms with Crippen LogP contribution in [-0.4, -0.2) is 54.8 Å². The maximum absolute atomic E-state index is 12.2. The first-order chi connectivity index (χ1) is 10.1. The van der Waals surface area contributed by atoms with Crippen molar-refractivity contribution in [2.45, 2.75) is 53.2 Å². The first kappa shape index (κ1) is 18.7. The molecule has 0 aliphatic carbocycles. The summed E-state index contributed by atoms with van der Waals surface area (Å²) < 4.78 is 10.5. The number of likely N-dealkylation sites (tertiary alicyclic amines) is 1. The molecule has 1 heterocycles. The van der Waals surface area contributed by atoms with Crippen LogP contribution in [-0.2, 0) is 14.3 Å². The lowest BCUT2D eigenvalue weighted by atomic mass is 9.96. The van der Waals surface area contributed by atoms with Crippen molar-refractivity contribution in [1.82, 2.24) is 10.2 Å². The number of hydrogen-bond donors (Lipinski definition) is 1. The fraction of sp³-hybridized carbons (Fsp3) is 0.875. The smallest absolute Gasteiger partial charge is 0.410 e. The average Bonchev–Trinajstić information content (AvgIpc) is 2.78. The highest BCUT2D eigenvalue weighted by molar-refractivity contribution is 5.76. The zero-order valence-corrected chi connectivity index (χ0v) is 14.6. The number of nitrogens with zero attached hydrogens (tertiary/aromatic N) is 1. The maximum Gasteiger partial charge on any atom is 0.410 e. The van der Waals surface area contributed by atoms with Crippen LogP contribution in [0, 0.1) is 11.8 Å². The van der Waals surface area contributed by atoms with Gasteiger partial charge in [-0.15, -0.1) is 0 Å². The van der Waals surface area contributed by atoms with Gasteiger partial charge in [0.15, 0.2) is 0 Å². The summed E-state index contributed by atoms with van der Waals surface area (Å²) in [4.78, 5) is 25.9. The molecule has 6 heteroatoms. The van der Waals surface area contributed by atoms with E-state index in [2.05, 4.69) is 19.2 Å². The Morgan fingerprint density at radius 3 is 2.41 bits per heavy atom. The summed E-state index contributed by atoms with van der Waals surface area (Å²) in [5, 5.41) is 3.34. The molecule has 1 fully saturated rings. The zero-order chi connectivity index (χ0) is 16.9. The van der Waals surface area contributed by atoms with Crippen molar-refractivity contribution in [2.24, 2.45) is 11.8 Å². The minimum atomic E-state index is -0.537. The van der Waals surface area contributed by atoms with Crippen LogP contribution in [0.4, 0.5) is 4.79 Å². The molecule has 2 unspecified atom stereocenters. The predicted molar refractivity (Wildman–Crippen MR) is 84.6 cm³/mol. The zero-order valence-electron chi connectivity index (χ0n) is 14.6. The summed E-state index contributed by atoms with van der Waals surface area (Å²) in [6.45, 7) is 13.3. The predicted octanol–water partition coefficient (Wildman–Crippen LogP) is 2.03. The topological polar surface area (TPSA) is 67.9 Å². The van der Waals surface area contributed by atoms with E-state index < -0.39 is 5.60 Å². The first-order valence-corrected chi connectivity index (χ1v) is 8.02. The summed E-state index contributed by atoms with van der Waals surface area (Å²) >= 11 is 0. The second-order valence-corrected chi connectivity index (χ2v) is 7.07. The van der Waals surface area contributed by atoms with Gasteiger partial charge in [0, 0.05) is 31.6 Å². The number of hydrogen-bond acceptors (Lipinski definition) is 5. The Kier molecular flexibility index (Phi) is 6.66. The average molecular weight is 314 g/mol. The molecule has 0 saturated carbocycles. The summed E-state index contributed by atoms with van der Waals surface area (Å²) in [7, 11) is 0. The normalized spacial score (nSPS) is 22.0. The van der Waals surface area contributed by atoms with Crippen LogP contribution in [0.15, 0.2) is 0 Å². The van der Waals surface area contributed by atoms with Crippen LogP contribution in [0.25, 0.3) is 0 Å². The Morgan fingerprint density at radius 1 is 1.27 bits per heavy atom. The molecule has 1 rings (SSSR count). The van der Waals surface area contributed by atoms with Crippen LogP contribution in [0.1, 0.15) is 41.5 Å². The molecule has 0 aromatic carbocycles. The SMILES string of the molecule is CCOC(=O)C1CN(C(=O)OC(C)(C)C)CC1CNC(C)C. The van der Waals surface area contributed by atoms with E-state index in [4.69, 9.17) is 9.47 Å². The molecule has 1 saturated heterocycles. The summed E-state index contributed by atoms with van der Waals surface area (Å²) in [6.07, 6.45) is -0.367. The molecule has 22 heavy (non-hydrogen) atoms. The van der Waals surface area contributed by atoms with Crippen molar-refractivity contribution in [3.05, 3.63) is 0 Å². The first-order valence-electron chi connectivity index (χ1n) is 8.02. The van der Waals surface area contributed by atoms with E-state index in [0.29, 0.717) is 32.3 Å². The highest BCUT2D eigenvalue weighted by atomic mass is 16.6. The second-order valence-electron chi connectivity index (χ2n) is 7.07. The highest BCUT2D eigenvalue weighted by Gasteiger charge is 2.41. The van der Waals surface area contributed by atoms with Gasteiger partial charge in [0.1, 0.15) is 5.60 Å². The molecule has 1 aliphatic heterocycles. The van der Waals surface area contributed by atoms with Gasteiger partial charge < -0.3 is 19.7 Å². The Hall–Kier alpha value is -1.30. The van der Waals surface area contributed by atoms with Crippen molar-refractivity contribution >= 4 is 12.1 Å². The largest absolute Gasteiger partial charge is 0.466 e. The van der Waals surface area contributed by atoms with Gasteiger partial charge in [-0.05, 0) is 27.7 Å². The lowest BCUT2D eigenvalue weighted by molar-refractivity contribution is -0.148. The number of amides is 1. The number of rotatable bonds is 5. The lowest BCUT2D eigenvalue weighted by Gasteiger charge is -2.24. The minimum absolute atomic E-state index is 0.0500. The van der Waals surface area contributed by atoms with E-state index in [0.717, 1.165) is 0 Å². The van der Waals surface area contributed by atoms with Crippen LogP contribution < -0.4 is 5.32 Å². The minimum Gasteiger partial charge on any atom is -0.466 e. The summed E-state index contributed by atoms with van der Waals surface area (Å²) in [5.74, 6) is -0.475. The van der Waals surface area contributed by atoms with E-state index in [9.17, 15) is 9.59 Å². The number of esters is 1. The van der Waals surface area contributed by atoms with Gasteiger partial charge in [0.25, 0.3) is 0 Å². The molecule has 1 aliphatic rings. The van der Waals surface area contributed by atoms with Crippen LogP contribution >= 0.6 is 0 Å². The second kappa shape index (κ2) is 7.81. The van der Waals surface area contributed by atoms with Crippen LogP contribution in [0.5, 0.6) is 0 Å². The third-order valence-electron chi connectivity index (χ3n) is 3.47. The van der Waals surface area contributed by atoms with Gasteiger partial charge in [-0.2, -0.15) is 0 Å². The summed E-state index contributed by atoms with van der Waals surface area (Å²) in [6, 6.07) is 0.332. The highest BCUT2D eigenvalue weighted by Crippen LogP contribution is 2.26. The van der Waals surface area contributed by atoms with E-state index in [1.807, 2.05) is 20.8 Å². The molecule has 0 bridgehead atoms. The number of ether oxygens (including phenoxy) is 2. The molecule has 1 amide bonds. The van der Waals surface area contributed by atoms with Gasteiger partial charge in [-0.3, -0.25) is 4.79 Å². The van der Waals surface area contributed by atoms with Crippen molar-refractivity contribution in [3.63, 3.8) is 0 Å². The molecule has 0 aromatic heterocycles. The molecule has 128 valence electrons. The molecule has 6 nitrogen and oxygen atoms in total. The molecule has 1 N–H and O–H groups in total. The van der Waals surface area contributed by atoms with Gasteiger partial charge >= 0.3 is 12.1 Å². The van der Waals surface area contributed by atoms with Gasteiger partial charge in [0.05, 0.1) is 12.5 Å². The Balaban J connectivity index is 2.72. The number of carbonyl (C=O) groups excluding carboxylic acids is 2. The lowest BCUT2D eigenvalue weighted by Crippen LogP contribution is -2.36. The Morgan fingerprint density at radius 2 is 1.91 bits per heavy atom. The van der Waals surface area contributed by atoms with Crippen molar-refractivity contribution in [1.29, 1.82) is 0 Å². The Bertz CT molecular complexity index is 390. The summed E-state index contributed by atoms with van der Waals surface area (Å²) in [5.41, 5.74) is -0.537. The van der Waals surface area contributed by atoms with Crippen molar-refractivity contribution < 1.29 is 19.1 Å². The van der Waals surface area contributed by atoms with E-state index in [1.165, 1.54) is 0 Å². The standard InChI is InChI=1S/C16H30N2O4/c1-7-21-14(19)13-10-18(15(20)22-16(4,5)6)9-12(13)8-17-11(2)3/h11-13,17H,7-10H2,1-6H3. The van der Waals surface area contributed by atoms with Crippen LogP contribution in [0.3, 0.4) is 0 Å². The van der Waals surface area contributed by atoms with Crippen LogP contribution in [0.2, 0.25) is 0 Å². The van der Waals surface area contributed by atoms with E-state index in [1.54, 1.807) is 11.8 Å². The van der Waals surface area contributed by atoms with E-state index in [-0.39, 0.29) is 23.9 Å². The van der Waals surface area contributed by atoms with Crippen molar-refractivity contribution in [2.75, 3.05) is 26.2 Å². The molecular weight excluding hydrogens is 284 g/mol. The van der Waals surface area contributed by atoms with E-state index >= 15 is 0 Å².